The predicted octanol–water partition coefficient (Wildman–Crippen LogP) is 2.71. The van der Waals surface area contributed by atoms with Gasteiger partial charge in [-0.25, -0.2) is 18.1 Å². The van der Waals surface area contributed by atoms with E-state index in [1.54, 1.807) is 12.1 Å². The van der Waals surface area contributed by atoms with Gasteiger partial charge in [-0.1, -0.05) is 32.9 Å². The minimum atomic E-state index is -3.94. The molecule has 0 aliphatic heterocycles. The fourth-order valence-corrected chi connectivity index (χ4v) is 3.68. The molecule has 0 atom stereocenters. The number of carbonyl (C=O) groups is 1. The van der Waals surface area contributed by atoms with Crippen LogP contribution in [-0.2, 0) is 26.8 Å². The van der Waals surface area contributed by atoms with Crippen LogP contribution in [0, 0.1) is 0 Å². The standard InChI is InChI=1S/C16H20N2O4S2/c1-16(2,3)11-5-7-12(8-6-11)24(20,21)18-15(19)13-10-23-14(17-13)9-22-4/h5-8,10H,9H2,1-4H3,(H,18,19). The van der Waals surface area contributed by atoms with Gasteiger partial charge in [0.2, 0.25) is 0 Å². The molecule has 6 nitrogen and oxygen atoms in total. The van der Waals surface area contributed by atoms with Gasteiger partial charge in [-0.15, -0.1) is 11.3 Å². The molecule has 1 aromatic heterocycles. The molecule has 1 aromatic carbocycles. The Morgan fingerprint density at radius 1 is 1.25 bits per heavy atom. The first kappa shape index (κ1) is 18.6. The van der Waals surface area contributed by atoms with E-state index in [0.29, 0.717) is 5.01 Å². The minimum absolute atomic E-state index is 0.0381. The zero-order valence-corrected chi connectivity index (χ0v) is 15.6. The molecule has 0 saturated heterocycles. The fourth-order valence-electron chi connectivity index (χ4n) is 1.97. The number of hydrogen-bond acceptors (Lipinski definition) is 6. The normalized spacial score (nSPS) is 12.2. The molecule has 1 heterocycles. The predicted molar refractivity (Wildman–Crippen MR) is 92.6 cm³/mol. The average molecular weight is 368 g/mol. The number of ether oxygens (including phenoxy) is 1. The number of hydrogen-bond donors (Lipinski definition) is 1. The lowest BCUT2D eigenvalue weighted by atomic mass is 9.87. The maximum Gasteiger partial charge on any atom is 0.284 e. The monoisotopic (exact) mass is 368 g/mol. The highest BCUT2D eigenvalue weighted by Gasteiger charge is 2.21. The number of sulfonamides is 1. The Morgan fingerprint density at radius 3 is 2.42 bits per heavy atom. The van der Waals surface area contributed by atoms with Gasteiger partial charge in [0.15, 0.2) is 0 Å². The fraction of sp³-hybridized carbons (Fsp3) is 0.375. The number of aromatic nitrogens is 1. The second-order valence-corrected chi connectivity index (χ2v) is 8.89. The van der Waals surface area contributed by atoms with Gasteiger partial charge in [0, 0.05) is 12.5 Å². The third-order valence-electron chi connectivity index (χ3n) is 3.31. The zero-order valence-electron chi connectivity index (χ0n) is 14.0. The van der Waals surface area contributed by atoms with Crippen LogP contribution < -0.4 is 4.72 Å². The molecule has 0 spiro atoms. The van der Waals surface area contributed by atoms with Crippen LogP contribution in [-0.4, -0.2) is 26.4 Å². The Labute approximate surface area is 145 Å². The summed E-state index contributed by atoms with van der Waals surface area (Å²) >= 11 is 1.24. The van der Waals surface area contributed by atoms with E-state index >= 15 is 0 Å². The van der Waals surface area contributed by atoms with Crippen molar-refractivity contribution >= 4 is 27.3 Å². The van der Waals surface area contributed by atoms with Crippen molar-refractivity contribution in [2.75, 3.05) is 7.11 Å². The molecule has 2 rings (SSSR count). The Morgan fingerprint density at radius 2 is 1.88 bits per heavy atom. The third kappa shape index (κ3) is 4.40. The quantitative estimate of drug-likeness (QED) is 0.877. The molecule has 1 amide bonds. The topological polar surface area (TPSA) is 85.4 Å². The maximum absolute atomic E-state index is 12.3. The summed E-state index contributed by atoms with van der Waals surface area (Å²) in [6.07, 6.45) is 0. The molecule has 0 radical (unpaired) electrons. The number of carbonyl (C=O) groups excluding carboxylic acids is 1. The van der Waals surface area contributed by atoms with E-state index in [2.05, 4.69) is 4.98 Å². The second-order valence-electron chi connectivity index (χ2n) is 6.27. The van der Waals surface area contributed by atoms with Crippen molar-refractivity contribution in [2.24, 2.45) is 0 Å². The van der Waals surface area contributed by atoms with Gasteiger partial charge in [0.05, 0.1) is 11.5 Å². The van der Waals surface area contributed by atoms with Crippen molar-refractivity contribution in [3.8, 4) is 0 Å². The summed E-state index contributed by atoms with van der Waals surface area (Å²) in [4.78, 5) is 16.2. The first-order chi connectivity index (χ1) is 11.1. The van der Waals surface area contributed by atoms with Crippen LogP contribution in [0.15, 0.2) is 34.5 Å². The molecule has 0 aliphatic rings. The van der Waals surface area contributed by atoms with Crippen LogP contribution in [0.1, 0.15) is 41.8 Å². The first-order valence-electron chi connectivity index (χ1n) is 7.24. The highest BCUT2D eigenvalue weighted by atomic mass is 32.2. The Kier molecular flexibility index (Phi) is 5.42. The first-order valence-corrected chi connectivity index (χ1v) is 9.61. The molecule has 1 N–H and O–H groups in total. The molecular formula is C16H20N2O4S2. The number of amides is 1. The molecule has 0 fully saturated rings. The summed E-state index contributed by atoms with van der Waals surface area (Å²) in [7, 11) is -2.42. The molecule has 2 aromatic rings. The SMILES string of the molecule is COCc1nc(C(=O)NS(=O)(=O)c2ccc(C(C)(C)C)cc2)cs1. The number of benzene rings is 1. The van der Waals surface area contributed by atoms with Crippen molar-refractivity contribution in [2.45, 2.75) is 37.7 Å². The van der Waals surface area contributed by atoms with Crippen LogP contribution in [0.2, 0.25) is 0 Å². The van der Waals surface area contributed by atoms with Crippen LogP contribution in [0.5, 0.6) is 0 Å². The van der Waals surface area contributed by atoms with Crippen LogP contribution in [0.4, 0.5) is 0 Å². The second kappa shape index (κ2) is 7.00. The number of nitrogens with zero attached hydrogens (tertiary/aromatic N) is 1. The van der Waals surface area contributed by atoms with Gasteiger partial charge in [0.25, 0.3) is 15.9 Å². The molecule has 130 valence electrons. The van der Waals surface area contributed by atoms with Crippen LogP contribution in [0.3, 0.4) is 0 Å². The lowest BCUT2D eigenvalue weighted by Gasteiger charge is -2.19. The highest BCUT2D eigenvalue weighted by Crippen LogP contribution is 2.23. The molecule has 0 aliphatic carbocycles. The molecule has 24 heavy (non-hydrogen) atoms. The van der Waals surface area contributed by atoms with Gasteiger partial charge in [-0.2, -0.15) is 0 Å². The van der Waals surface area contributed by atoms with E-state index in [9.17, 15) is 13.2 Å². The molecule has 0 unspecified atom stereocenters. The Bertz CT molecular complexity index is 819. The largest absolute Gasteiger partial charge is 0.378 e. The van der Waals surface area contributed by atoms with Crippen molar-refractivity contribution in [3.63, 3.8) is 0 Å². The summed E-state index contributed by atoms with van der Waals surface area (Å²) in [5, 5.41) is 2.11. The summed E-state index contributed by atoms with van der Waals surface area (Å²) in [5.41, 5.74) is 0.989. The van der Waals surface area contributed by atoms with Crippen molar-refractivity contribution in [1.29, 1.82) is 0 Å². The van der Waals surface area contributed by atoms with Crippen molar-refractivity contribution < 1.29 is 17.9 Å². The minimum Gasteiger partial charge on any atom is -0.378 e. The Hall–Kier alpha value is -1.77. The number of thiazole rings is 1. The smallest absolute Gasteiger partial charge is 0.284 e. The lowest BCUT2D eigenvalue weighted by molar-refractivity contribution is 0.0976. The summed E-state index contributed by atoms with van der Waals surface area (Å²) < 4.78 is 31.6. The van der Waals surface area contributed by atoms with E-state index < -0.39 is 15.9 Å². The van der Waals surface area contributed by atoms with Gasteiger partial charge in [0.1, 0.15) is 10.7 Å². The summed E-state index contributed by atoms with van der Waals surface area (Å²) in [6, 6.07) is 6.48. The number of nitrogens with one attached hydrogen (secondary N) is 1. The van der Waals surface area contributed by atoms with E-state index in [4.69, 9.17) is 4.74 Å². The zero-order chi connectivity index (χ0) is 18.0. The van der Waals surface area contributed by atoms with E-state index in [-0.39, 0.29) is 22.6 Å². The van der Waals surface area contributed by atoms with E-state index in [1.165, 1.54) is 36.0 Å². The number of methoxy groups -OCH3 is 1. The van der Waals surface area contributed by atoms with E-state index in [1.807, 2.05) is 25.5 Å². The third-order valence-corrected chi connectivity index (χ3v) is 5.48. The lowest BCUT2D eigenvalue weighted by Crippen LogP contribution is -2.31. The molecule has 0 saturated carbocycles. The maximum atomic E-state index is 12.3. The van der Waals surface area contributed by atoms with Crippen molar-refractivity contribution in [3.05, 3.63) is 45.9 Å². The van der Waals surface area contributed by atoms with Gasteiger partial charge in [-0.05, 0) is 23.1 Å². The molecule has 0 bridgehead atoms. The van der Waals surface area contributed by atoms with Crippen LogP contribution in [0.25, 0.3) is 0 Å². The van der Waals surface area contributed by atoms with Crippen LogP contribution >= 0.6 is 11.3 Å². The highest BCUT2D eigenvalue weighted by molar-refractivity contribution is 7.90. The van der Waals surface area contributed by atoms with E-state index in [0.717, 1.165) is 5.56 Å². The van der Waals surface area contributed by atoms with Gasteiger partial charge in [-0.3, -0.25) is 4.79 Å². The average Bonchev–Trinajstić information content (AvgIpc) is 2.95. The van der Waals surface area contributed by atoms with Crippen molar-refractivity contribution in [1.82, 2.24) is 9.71 Å². The van der Waals surface area contributed by atoms with Gasteiger partial charge >= 0.3 is 0 Å². The number of rotatable bonds is 5. The van der Waals surface area contributed by atoms with Gasteiger partial charge < -0.3 is 4.74 Å². The summed E-state index contributed by atoms with van der Waals surface area (Å²) in [5.74, 6) is -0.756. The Balaban J connectivity index is 2.16. The molecule has 8 heteroatoms. The summed E-state index contributed by atoms with van der Waals surface area (Å²) in [6.45, 7) is 6.40. The molecular weight excluding hydrogens is 348 g/mol.